The first kappa shape index (κ1) is 27.8. The number of H-pyrrole nitrogens is 1. The standard InChI is InChI=1S/C32H33N5O4/c1-3-4-14-27-26(30(39)37(31(33-2)34-27)20-28(38)23-10-6-5-7-11-23)19-21-15-17-22(18-16-21)24-12-8-9-13-25(24)29-35-32(40)41-36-29/h5-13,15-18,28,38H,3-4,14,19-20H2,1-2H3,(H,33,34)(H,35,36,40). The van der Waals surface area contributed by atoms with Crippen molar-refractivity contribution >= 4 is 5.95 Å². The van der Waals surface area contributed by atoms with E-state index >= 15 is 0 Å². The number of rotatable bonds is 11. The van der Waals surface area contributed by atoms with Gasteiger partial charge in [-0.1, -0.05) is 97.4 Å². The van der Waals surface area contributed by atoms with Crippen LogP contribution < -0.4 is 16.6 Å². The Bertz CT molecular complexity index is 1720. The lowest BCUT2D eigenvalue weighted by atomic mass is 9.96. The van der Waals surface area contributed by atoms with E-state index in [4.69, 9.17) is 9.51 Å². The number of hydrogen-bond donors (Lipinski definition) is 3. The minimum atomic E-state index is -0.851. The van der Waals surface area contributed by atoms with Crippen LogP contribution in [0.5, 0.6) is 0 Å². The second-order valence-electron chi connectivity index (χ2n) is 9.92. The number of aliphatic hydroxyl groups excluding tert-OH is 1. The summed E-state index contributed by atoms with van der Waals surface area (Å²) in [7, 11) is 1.74. The topological polar surface area (TPSA) is 126 Å². The van der Waals surface area contributed by atoms with Crippen molar-refractivity contribution in [2.75, 3.05) is 12.4 Å². The maximum Gasteiger partial charge on any atom is 0.439 e. The van der Waals surface area contributed by atoms with Gasteiger partial charge in [0, 0.05) is 24.6 Å². The predicted molar refractivity (Wildman–Crippen MR) is 159 cm³/mol. The van der Waals surface area contributed by atoms with Gasteiger partial charge in [0.1, 0.15) is 0 Å². The first-order chi connectivity index (χ1) is 20.0. The molecule has 9 nitrogen and oxygen atoms in total. The minimum Gasteiger partial charge on any atom is -0.387 e. The van der Waals surface area contributed by atoms with Crippen molar-refractivity contribution in [1.29, 1.82) is 0 Å². The molecular weight excluding hydrogens is 518 g/mol. The van der Waals surface area contributed by atoms with E-state index in [1.54, 1.807) is 7.05 Å². The molecule has 0 fully saturated rings. The summed E-state index contributed by atoms with van der Waals surface area (Å²) < 4.78 is 6.24. The Balaban J connectivity index is 1.48. The van der Waals surface area contributed by atoms with Gasteiger partial charge in [-0.25, -0.2) is 9.78 Å². The highest BCUT2D eigenvalue weighted by molar-refractivity contribution is 5.80. The lowest BCUT2D eigenvalue weighted by Gasteiger charge is -2.19. The second-order valence-corrected chi connectivity index (χ2v) is 9.92. The molecule has 0 saturated carbocycles. The summed E-state index contributed by atoms with van der Waals surface area (Å²) in [6.45, 7) is 2.20. The van der Waals surface area contributed by atoms with Crippen LogP contribution in [0, 0.1) is 0 Å². The molecule has 3 N–H and O–H groups in total. The SMILES string of the molecule is CCCCc1nc(NC)n(CC(O)c2ccccc2)c(=O)c1Cc1ccc(-c2ccccc2-c2noc(=O)[nH]2)cc1. The Labute approximate surface area is 237 Å². The van der Waals surface area contributed by atoms with Crippen molar-refractivity contribution in [1.82, 2.24) is 19.7 Å². The molecule has 9 heteroatoms. The number of benzene rings is 3. The van der Waals surface area contributed by atoms with E-state index in [9.17, 15) is 14.7 Å². The molecular formula is C32H33N5O4. The maximum atomic E-state index is 13.9. The first-order valence-electron chi connectivity index (χ1n) is 13.8. The molecule has 41 heavy (non-hydrogen) atoms. The van der Waals surface area contributed by atoms with Crippen molar-refractivity contribution in [3.63, 3.8) is 0 Å². The number of aliphatic hydroxyl groups is 1. The van der Waals surface area contributed by atoms with Gasteiger partial charge in [0.15, 0.2) is 5.82 Å². The van der Waals surface area contributed by atoms with Gasteiger partial charge in [0.25, 0.3) is 5.56 Å². The highest BCUT2D eigenvalue weighted by Gasteiger charge is 2.20. The monoisotopic (exact) mass is 551 g/mol. The van der Waals surface area contributed by atoms with E-state index in [0.29, 0.717) is 30.2 Å². The van der Waals surface area contributed by atoms with E-state index < -0.39 is 11.9 Å². The van der Waals surface area contributed by atoms with Gasteiger partial charge in [0.2, 0.25) is 5.95 Å². The predicted octanol–water partition coefficient (Wildman–Crippen LogP) is 4.96. The number of nitrogens with zero attached hydrogens (tertiary/aromatic N) is 3. The number of anilines is 1. The molecule has 5 rings (SSSR count). The molecule has 0 aliphatic rings. The molecule has 5 aromatic rings. The van der Waals surface area contributed by atoms with E-state index in [1.165, 1.54) is 4.57 Å². The number of aromatic amines is 1. The second kappa shape index (κ2) is 12.6. The molecule has 1 atom stereocenters. The first-order valence-corrected chi connectivity index (χ1v) is 13.8. The average Bonchev–Trinajstić information content (AvgIpc) is 3.45. The fourth-order valence-electron chi connectivity index (χ4n) is 4.97. The minimum absolute atomic E-state index is 0.0902. The third kappa shape index (κ3) is 6.20. The van der Waals surface area contributed by atoms with Gasteiger partial charge in [0.05, 0.1) is 18.3 Å². The van der Waals surface area contributed by atoms with Crippen molar-refractivity contribution in [2.24, 2.45) is 0 Å². The Morgan fingerprint density at radius 3 is 2.34 bits per heavy atom. The molecule has 1 unspecified atom stereocenters. The van der Waals surface area contributed by atoms with Gasteiger partial charge in [-0.2, -0.15) is 0 Å². The molecule has 210 valence electrons. The fraction of sp³-hybridized carbons (Fsp3) is 0.250. The Morgan fingerprint density at radius 1 is 0.976 bits per heavy atom. The molecule has 0 spiro atoms. The summed E-state index contributed by atoms with van der Waals surface area (Å²) in [6, 6.07) is 24.9. The highest BCUT2D eigenvalue weighted by atomic mass is 16.5. The average molecular weight is 552 g/mol. The summed E-state index contributed by atoms with van der Waals surface area (Å²) in [4.78, 5) is 32.9. The van der Waals surface area contributed by atoms with Crippen molar-refractivity contribution in [2.45, 2.75) is 45.3 Å². The van der Waals surface area contributed by atoms with Crippen LogP contribution >= 0.6 is 0 Å². The van der Waals surface area contributed by atoms with E-state index in [-0.39, 0.29) is 12.1 Å². The van der Waals surface area contributed by atoms with Crippen LogP contribution in [-0.4, -0.2) is 31.8 Å². The van der Waals surface area contributed by atoms with Gasteiger partial charge in [-0.05, 0) is 35.1 Å². The van der Waals surface area contributed by atoms with Gasteiger partial charge in [-0.15, -0.1) is 0 Å². The summed E-state index contributed by atoms with van der Waals surface area (Å²) >= 11 is 0. The van der Waals surface area contributed by atoms with Gasteiger partial charge in [-0.3, -0.25) is 18.9 Å². The summed E-state index contributed by atoms with van der Waals surface area (Å²) in [5.74, 6) is 0.200. The van der Waals surface area contributed by atoms with Crippen LogP contribution in [-0.2, 0) is 19.4 Å². The molecule has 0 saturated heterocycles. The zero-order valence-corrected chi connectivity index (χ0v) is 23.1. The molecule has 0 bridgehead atoms. The summed E-state index contributed by atoms with van der Waals surface area (Å²) in [5, 5.41) is 17.8. The molecule has 3 aromatic carbocycles. The number of unbranched alkanes of at least 4 members (excludes halogenated alkanes) is 1. The molecule has 2 heterocycles. The molecule has 0 amide bonds. The van der Waals surface area contributed by atoms with Crippen LogP contribution in [0.3, 0.4) is 0 Å². The lowest BCUT2D eigenvalue weighted by Crippen LogP contribution is -2.31. The zero-order chi connectivity index (χ0) is 28.8. The Hall–Kier alpha value is -4.76. The third-order valence-electron chi connectivity index (χ3n) is 7.15. The van der Waals surface area contributed by atoms with Crippen molar-refractivity contribution < 1.29 is 9.63 Å². The molecule has 0 aliphatic heterocycles. The zero-order valence-electron chi connectivity index (χ0n) is 23.1. The van der Waals surface area contributed by atoms with Crippen LogP contribution in [0.2, 0.25) is 0 Å². The lowest BCUT2D eigenvalue weighted by molar-refractivity contribution is 0.155. The molecule has 0 radical (unpaired) electrons. The van der Waals surface area contributed by atoms with E-state index in [0.717, 1.165) is 46.4 Å². The largest absolute Gasteiger partial charge is 0.439 e. The van der Waals surface area contributed by atoms with E-state index in [1.807, 2.05) is 78.9 Å². The molecule has 2 aromatic heterocycles. The number of hydrogen-bond acceptors (Lipinski definition) is 7. The van der Waals surface area contributed by atoms with E-state index in [2.05, 4.69) is 22.4 Å². The third-order valence-corrected chi connectivity index (χ3v) is 7.15. The van der Waals surface area contributed by atoms with Gasteiger partial charge >= 0.3 is 5.76 Å². The van der Waals surface area contributed by atoms with Crippen LogP contribution in [0.25, 0.3) is 22.5 Å². The van der Waals surface area contributed by atoms with Crippen LogP contribution in [0.15, 0.2) is 93.0 Å². The number of aromatic nitrogens is 4. The van der Waals surface area contributed by atoms with Crippen molar-refractivity contribution in [3.05, 3.63) is 122 Å². The Morgan fingerprint density at radius 2 is 1.68 bits per heavy atom. The van der Waals surface area contributed by atoms with Crippen LogP contribution in [0.1, 0.15) is 48.3 Å². The summed E-state index contributed by atoms with van der Waals surface area (Å²) in [6.07, 6.45) is 2.15. The normalized spacial score (nSPS) is 11.9. The van der Waals surface area contributed by atoms with Gasteiger partial charge < -0.3 is 10.4 Å². The highest BCUT2D eigenvalue weighted by Crippen LogP contribution is 2.30. The molecule has 0 aliphatic carbocycles. The maximum absolute atomic E-state index is 13.9. The summed E-state index contributed by atoms with van der Waals surface area (Å²) in [5.41, 5.74) is 5.53. The Kier molecular flexibility index (Phi) is 8.55. The van der Waals surface area contributed by atoms with Crippen molar-refractivity contribution in [3.8, 4) is 22.5 Å². The quantitative estimate of drug-likeness (QED) is 0.212. The smallest absolute Gasteiger partial charge is 0.387 e. The van der Waals surface area contributed by atoms with Crippen LogP contribution in [0.4, 0.5) is 5.95 Å². The number of nitrogens with one attached hydrogen (secondary N) is 2. The number of aryl methyl sites for hydroxylation is 1. The fourth-order valence-corrected chi connectivity index (χ4v) is 4.97.